The second-order valence-corrected chi connectivity index (χ2v) is 5.36. The van der Waals surface area contributed by atoms with Crippen molar-refractivity contribution < 1.29 is 4.74 Å². The Labute approximate surface area is 126 Å². The quantitative estimate of drug-likeness (QED) is 0.817. The fraction of sp³-hybridized carbons (Fsp3) is 0.333. The van der Waals surface area contributed by atoms with E-state index < -0.39 is 0 Å². The molecule has 0 aliphatic carbocycles. The average molecular weight is 337 g/mol. The number of aromatic nitrogens is 2. The molecule has 1 heterocycles. The molecule has 0 saturated carbocycles. The van der Waals surface area contributed by atoms with E-state index in [1.54, 1.807) is 0 Å². The number of aromatic amines is 1. The van der Waals surface area contributed by atoms with Crippen molar-refractivity contribution in [3.05, 3.63) is 45.2 Å². The molecule has 20 heavy (non-hydrogen) atoms. The number of rotatable bonds is 6. The molecule has 1 N–H and O–H groups in total. The molecule has 106 valence electrons. The second-order valence-electron chi connectivity index (χ2n) is 4.51. The SMILES string of the molecule is CCCCCOc1ccc(-c2n[nH]c(=O)cc2Br)cc1. The third-order valence-electron chi connectivity index (χ3n) is 2.91. The van der Waals surface area contributed by atoms with Crippen LogP contribution in [-0.4, -0.2) is 16.8 Å². The summed E-state index contributed by atoms with van der Waals surface area (Å²) >= 11 is 3.35. The van der Waals surface area contributed by atoms with Crippen molar-refractivity contribution in [1.82, 2.24) is 10.2 Å². The van der Waals surface area contributed by atoms with Crippen molar-refractivity contribution in [1.29, 1.82) is 0 Å². The lowest BCUT2D eigenvalue weighted by molar-refractivity contribution is 0.306. The molecule has 5 heteroatoms. The van der Waals surface area contributed by atoms with E-state index in [-0.39, 0.29) is 5.56 Å². The Balaban J connectivity index is 2.06. The van der Waals surface area contributed by atoms with Crippen LogP contribution in [0.2, 0.25) is 0 Å². The van der Waals surface area contributed by atoms with Gasteiger partial charge in [0.1, 0.15) is 11.4 Å². The zero-order chi connectivity index (χ0) is 14.4. The topological polar surface area (TPSA) is 55.0 Å². The van der Waals surface area contributed by atoms with E-state index in [1.807, 2.05) is 24.3 Å². The van der Waals surface area contributed by atoms with Crippen LogP contribution in [0.15, 0.2) is 39.6 Å². The molecular weight excluding hydrogens is 320 g/mol. The molecule has 1 aromatic heterocycles. The fourth-order valence-electron chi connectivity index (χ4n) is 1.83. The Morgan fingerprint density at radius 3 is 2.65 bits per heavy atom. The highest BCUT2D eigenvalue weighted by Gasteiger charge is 2.06. The highest BCUT2D eigenvalue weighted by atomic mass is 79.9. The first-order valence-corrected chi connectivity index (χ1v) is 7.48. The Hall–Kier alpha value is -1.62. The molecule has 2 rings (SSSR count). The number of hydrogen-bond donors (Lipinski definition) is 1. The predicted octanol–water partition coefficient (Wildman–Crippen LogP) is 3.77. The minimum atomic E-state index is -0.225. The first-order valence-electron chi connectivity index (χ1n) is 6.69. The van der Waals surface area contributed by atoms with Gasteiger partial charge in [-0.05, 0) is 46.6 Å². The fourth-order valence-corrected chi connectivity index (χ4v) is 2.36. The summed E-state index contributed by atoms with van der Waals surface area (Å²) in [5.41, 5.74) is 1.41. The van der Waals surface area contributed by atoms with E-state index in [0.717, 1.165) is 24.3 Å². The monoisotopic (exact) mass is 336 g/mol. The summed E-state index contributed by atoms with van der Waals surface area (Å²) in [4.78, 5) is 11.1. The Kier molecular flexibility index (Phi) is 5.35. The van der Waals surface area contributed by atoms with E-state index >= 15 is 0 Å². The standard InChI is InChI=1S/C15H17BrN2O2/c1-2-3-4-9-20-12-7-5-11(6-8-12)15-13(16)10-14(19)17-18-15/h5-8,10H,2-4,9H2,1H3,(H,17,19). The minimum absolute atomic E-state index is 0.225. The summed E-state index contributed by atoms with van der Waals surface area (Å²) in [5, 5.41) is 6.47. The van der Waals surface area contributed by atoms with Gasteiger partial charge in [0.25, 0.3) is 5.56 Å². The van der Waals surface area contributed by atoms with Crippen LogP contribution in [0.1, 0.15) is 26.2 Å². The van der Waals surface area contributed by atoms with Crippen LogP contribution in [0.4, 0.5) is 0 Å². The lowest BCUT2D eigenvalue weighted by Crippen LogP contribution is -2.07. The van der Waals surface area contributed by atoms with Crippen LogP contribution in [0.3, 0.4) is 0 Å². The number of hydrogen-bond acceptors (Lipinski definition) is 3. The number of ether oxygens (including phenoxy) is 1. The highest BCUT2D eigenvalue weighted by Crippen LogP contribution is 2.25. The highest BCUT2D eigenvalue weighted by molar-refractivity contribution is 9.10. The largest absolute Gasteiger partial charge is 0.494 e. The Morgan fingerprint density at radius 1 is 1.25 bits per heavy atom. The molecule has 0 fully saturated rings. The van der Waals surface area contributed by atoms with Gasteiger partial charge in [0, 0.05) is 11.6 Å². The first kappa shape index (κ1) is 14.8. The van der Waals surface area contributed by atoms with E-state index in [0.29, 0.717) is 10.2 Å². The number of H-pyrrole nitrogens is 1. The van der Waals surface area contributed by atoms with Crippen LogP contribution in [-0.2, 0) is 0 Å². The van der Waals surface area contributed by atoms with E-state index in [1.165, 1.54) is 18.9 Å². The van der Waals surface area contributed by atoms with E-state index in [4.69, 9.17) is 4.74 Å². The van der Waals surface area contributed by atoms with Crippen molar-refractivity contribution in [3.63, 3.8) is 0 Å². The maximum atomic E-state index is 11.1. The van der Waals surface area contributed by atoms with Gasteiger partial charge in [-0.15, -0.1) is 0 Å². The normalized spacial score (nSPS) is 10.5. The van der Waals surface area contributed by atoms with Gasteiger partial charge in [0.05, 0.1) is 11.1 Å². The van der Waals surface area contributed by atoms with Gasteiger partial charge in [0.15, 0.2) is 0 Å². The van der Waals surface area contributed by atoms with Gasteiger partial charge in [-0.3, -0.25) is 4.79 Å². The zero-order valence-corrected chi connectivity index (χ0v) is 12.9. The zero-order valence-electron chi connectivity index (χ0n) is 11.4. The number of nitrogens with one attached hydrogen (secondary N) is 1. The van der Waals surface area contributed by atoms with E-state index in [2.05, 4.69) is 33.1 Å². The third kappa shape index (κ3) is 3.93. The van der Waals surface area contributed by atoms with Gasteiger partial charge < -0.3 is 4.74 Å². The number of benzene rings is 1. The summed E-state index contributed by atoms with van der Waals surface area (Å²) in [7, 11) is 0. The van der Waals surface area contributed by atoms with Crippen molar-refractivity contribution in [2.24, 2.45) is 0 Å². The van der Waals surface area contributed by atoms with Crippen molar-refractivity contribution >= 4 is 15.9 Å². The van der Waals surface area contributed by atoms with Crippen molar-refractivity contribution in [3.8, 4) is 17.0 Å². The first-order chi connectivity index (χ1) is 9.70. The van der Waals surface area contributed by atoms with Gasteiger partial charge in [-0.25, -0.2) is 5.10 Å². The smallest absolute Gasteiger partial charge is 0.265 e. The third-order valence-corrected chi connectivity index (χ3v) is 3.51. The van der Waals surface area contributed by atoms with Gasteiger partial charge in [-0.2, -0.15) is 5.10 Å². The summed E-state index contributed by atoms with van der Waals surface area (Å²) < 4.78 is 6.34. The number of nitrogens with zero attached hydrogens (tertiary/aromatic N) is 1. The molecule has 0 atom stereocenters. The van der Waals surface area contributed by atoms with Crippen LogP contribution in [0, 0.1) is 0 Å². The number of unbranched alkanes of at least 4 members (excludes halogenated alkanes) is 2. The molecule has 4 nitrogen and oxygen atoms in total. The van der Waals surface area contributed by atoms with Crippen LogP contribution >= 0.6 is 15.9 Å². The molecular formula is C15H17BrN2O2. The summed E-state index contributed by atoms with van der Waals surface area (Å²) in [5.74, 6) is 0.852. The number of halogens is 1. The molecule has 0 spiro atoms. The lowest BCUT2D eigenvalue weighted by Gasteiger charge is -2.07. The van der Waals surface area contributed by atoms with Crippen LogP contribution in [0.25, 0.3) is 11.3 Å². The molecule has 2 aromatic rings. The predicted molar refractivity (Wildman–Crippen MR) is 83.0 cm³/mol. The molecule has 1 aromatic carbocycles. The van der Waals surface area contributed by atoms with Crippen LogP contribution in [0.5, 0.6) is 5.75 Å². The molecule has 0 unspecified atom stereocenters. The van der Waals surface area contributed by atoms with Crippen molar-refractivity contribution in [2.75, 3.05) is 6.61 Å². The lowest BCUT2D eigenvalue weighted by atomic mass is 10.1. The second kappa shape index (κ2) is 7.24. The van der Waals surface area contributed by atoms with Crippen LogP contribution < -0.4 is 10.3 Å². The summed E-state index contributed by atoms with van der Waals surface area (Å²) in [6.45, 7) is 2.91. The van der Waals surface area contributed by atoms with Gasteiger partial charge >= 0.3 is 0 Å². The van der Waals surface area contributed by atoms with E-state index in [9.17, 15) is 4.79 Å². The summed E-state index contributed by atoms with van der Waals surface area (Å²) in [6, 6.07) is 9.17. The average Bonchev–Trinajstić information content (AvgIpc) is 2.45. The molecule has 0 amide bonds. The van der Waals surface area contributed by atoms with Gasteiger partial charge in [0.2, 0.25) is 0 Å². The Morgan fingerprint density at radius 2 is 2.00 bits per heavy atom. The molecule has 0 bridgehead atoms. The molecule has 0 saturated heterocycles. The maximum Gasteiger partial charge on any atom is 0.265 e. The van der Waals surface area contributed by atoms with Crippen molar-refractivity contribution in [2.45, 2.75) is 26.2 Å². The molecule has 0 aliphatic rings. The molecule has 0 radical (unpaired) electrons. The Bertz CT molecular complexity index is 608. The van der Waals surface area contributed by atoms with Gasteiger partial charge in [-0.1, -0.05) is 19.8 Å². The summed E-state index contributed by atoms with van der Waals surface area (Å²) in [6.07, 6.45) is 3.45. The minimum Gasteiger partial charge on any atom is -0.494 e. The maximum absolute atomic E-state index is 11.1. The molecule has 0 aliphatic heterocycles.